The molecule has 1 unspecified atom stereocenters. The number of hydrogen-bond donors (Lipinski definition) is 1. The Morgan fingerprint density at radius 3 is 2.23 bits per heavy atom. The van der Waals surface area contributed by atoms with Gasteiger partial charge in [-0.25, -0.2) is 0 Å². The molecular weight excluding hydrogens is 368 g/mol. The number of rotatable bonds is 1. The average molecular weight is 383 g/mol. The number of ether oxygens (including phenoxy) is 1. The Kier molecular flexibility index (Phi) is 8.36. The zero-order chi connectivity index (χ0) is 10.3. The van der Waals surface area contributed by atoms with Crippen LogP contribution in [0.25, 0.3) is 0 Å². The van der Waals surface area contributed by atoms with E-state index in [9.17, 15) is 0 Å². The minimum atomic E-state index is 0.109. The smallest absolute Gasteiger partial charge is 0.0776 e. The van der Waals surface area contributed by atoms with Gasteiger partial charge in [-0.2, -0.15) is 0 Å². The number of nitrogens with zero attached hydrogens (tertiary/aromatic N) is 1. The van der Waals surface area contributed by atoms with Gasteiger partial charge in [-0.05, 0) is 13.3 Å². The number of hydrogen-bond acceptors (Lipinski definition) is 3. The highest BCUT2D eigenvalue weighted by atomic mass is 80.0. The predicted octanol–water partition coefficient (Wildman–Crippen LogP) is 2.99. The molecule has 1 rings (SSSR count). The lowest BCUT2D eigenvalue weighted by molar-refractivity contribution is -0.0544. The third-order valence-corrected chi connectivity index (χ3v) is 1.98. The molecule has 0 aliphatic carbocycles. The molecule has 0 amide bonds. The standard InChI is InChI=1S/C7H15NO.Br3N/c1-3-7(2)6-8-4-5-9-7;1-4(2)3/h8H,3-6H2,1-2H3;. The van der Waals surface area contributed by atoms with Crippen molar-refractivity contribution in [3.05, 3.63) is 0 Å². The number of nitrogens with one attached hydrogen (secondary N) is 1. The van der Waals surface area contributed by atoms with Crippen LogP contribution in [0.1, 0.15) is 20.3 Å². The van der Waals surface area contributed by atoms with E-state index in [4.69, 9.17) is 4.74 Å². The van der Waals surface area contributed by atoms with Crippen molar-refractivity contribution in [1.29, 1.82) is 0 Å². The van der Waals surface area contributed by atoms with Gasteiger partial charge in [0.05, 0.1) is 12.2 Å². The largest absolute Gasteiger partial charge is 0.373 e. The zero-order valence-electron chi connectivity index (χ0n) is 7.82. The van der Waals surface area contributed by atoms with E-state index in [1.54, 1.807) is 0 Å². The normalized spacial score (nSPS) is 28.2. The first-order chi connectivity index (χ1) is 6.00. The fourth-order valence-corrected chi connectivity index (χ4v) is 1.00. The van der Waals surface area contributed by atoms with Crippen LogP contribution in [0, 0.1) is 0 Å². The Hall–Kier alpha value is 1.32. The minimum absolute atomic E-state index is 0.109. The van der Waals surface area contributed by atoms with Crippen LogP contribution in [-0.4, -0.2) is 27.3 Å². The third-order valence-electron chi connectivity index (χ3n) is 1.98. The summed E-state index contributed by atoms with van der Waals surface area (Å²) in [5.41, 5.74) is 0.109. The lowest BCUT2D eigenvalue weighted by Gasteiger charge is -2.33. The molecule has 0 aromatic rings. The average Bonchev–Trinajstić information content (AvgIpc) is 2.05. The summed E-state index contributed by atoms with van der Waals surface area (Å²) in [7, 11) is 0. The predicted molar refractivity (Wildman–Crippen MR) is 66.1 cm³/mol. The molecule has 1 aliphatic rings. The molecule has 6 heteroatoms. The van der Waals surface area contributed by atoms with Crippen LogP contribution in [0.2, 0.25) is 0 Å². The highest BCUT2D eigenvalue weighted by Crippen LogP contribution is 2.15. The Labute approximate surface area is 106 Å². The molecule has 0 aromatic carbocycles. The highest BCUT2D eigenvalue weighted by molar-refractivity contribution is 9.33. The summed E-state index contributed by atoms with van der Waals surface area (Å²) < 4.78 is 6.99. The molecule has 1 atom stereocenters. The molecule has 1 heterocycles. The first kappa shape index (κ1) is 14.3. The quantitative estimate of drug-likeness (QED) is 0.705. The minimum Gasteiger partial charge on any atom is -0.373 e. The molecule has 0 aromatic heterocycles. The van der Waals surface area contributed by atoms with Crippen molar-refractivity contribution in [3.63, 3.8) is 0 Å². The van der Waals surface area contributed by atoms with Gasteiger partial charge in [-0.1, -0.05) is 6.92 Å². The maximum absolute atomic E-state index is 5.55. The summed E-state index contributed by atoms with van der Waals surface area (Å²) in [6.45, 7) is 7.19. The monoisotopic (exact) mass is 380 g/mol. The van der Waals surface area contributed by atoms with Crippen molar-refractivity contribution < 1.29 is 4.74 Å². The summed E-state index contributed by atoms with van der Waals surface area (Å²) in [6.07, 6.45) is 1.10. The third kappa shape index (κ3) is 8.32. The van der Waals surface area contributed by atoms with E-state index in [-0.39, 0.29) is 5.60 Å². The van der Waals surface area contributed by atoms with Crippen molar-refractivity contribution >= 4 is 48.4 Å². The van der Waals surface area contributed by atoms with Gasteiger partial charge in [0, 0.05) is 61.5 Å². The SMILES string of the molecule is BrN(Br)Br.CCC1(C)CNCCO1. The molecule has 3 nitrogen and oxygen atoms in total. The lowest BCUT2D eigenvalue weighted by Crippen LogP contribution is -2.47. The van der Waals surface area contributed by atoms with E-state index >= 15 is 0 Å². The Morgan fingerprint density at radius 1 is 1.46 bits per heavy atom. The second kappa shape index (κ2) is 7.59. The summed E-state index contributed by atoms with van der Waals surface area (Å²) >= 11 is 8.81. The van der Waals surface area contributed by atoms with Crippen LogP contribution < -0.4 is 5.32 Å². The lowest BCUT2D eigenvalue weighted by atomic mass is 10.0. The van der Waals surface area contributed by atoms with E-state index in [0.29, 0.717) is 0 Å². The highest BCUT2D eigenvalue weighted by Gasteiger charge is 2.24. The first-order valence-corrected chi connectivity index (χ1v) is 6.25. The molecule has 0 bridgehead atoms. The topological polar surface area (TPSA) is 24.5 Å². The number of halogens is 3. The van der Waals surface area contributed by atoms with Crippen LogP contribution in [0.15, 0.2) is 0 Å². The van der Waals surface area contributed by atoms with E-state index in [2.05, 4.69) is 67.6 Å². The molecule has 13 heavy (non-hydrogen) atoms. The van der Waals surface area contributed by atoms with E-state index < -0.39 is 0 Å². The molecule has 0 radical (unpaired) electrons. The maximum atomic E-state index is 5.55. The molecule has 1 fully saturated rings. The van der Waals surface area contributed by atoms with Gasteiger partial charge >= 0.3 is 0 Å². The Morgan fingerprint density at radius 2 is 2.00 bits per heavy atom. The first-order valence-electron chi connectivity index (χ1n) is 4.12. The fraction of sp³-hybridized carbons (Fsp3) is 1.00. The molecule has 1 saturated heterocycles. The van der Waals surface area contributed by atoms with Crippen LogP contribution >= 0.6 is 48.4 Å². The van der Waals surface area contributed by atoms with Crippen LogP contribution in [0.4, 0.5) is 0 Å². The van der Waals surface area contributed by atoms with Crippen molar-refractivity contribution in [1.82, 2.24) is 7.29 Å². The van der Waals surface area contributed by atoms with Gasteiger partial charge in [0.25, 0.3) is 0 Å². The van der Waals surface area contributed by atoms with Crippen molar-refractivity contribution in [2.75, 3.05) is 19.7 Å². The number of morpholine rings is 1. The molecule has 0 spiro atoms. The molecule has 1 N–H and O–H groups in total. The van der Waals surface area contributed by atoms with Crippen molar-refractivity contribution in [2.45, 2.75) is 25.9 Å². The van der Waals surface area contributed by atoms with Crippen LogP contribution in [0.5, 0.6) is 0 Å². The van der Waals surface area contributed by atoms with Crippen molar-refractivity contribution in [2.24, 2.45) is 0 Å². The molecule has 0 saturated carbocycles. The molecule has 80 valence electrons. The second-order valence-corrected chi connectivity index (χ2v) is 8.00. The summed E-state index contributed by atoms with van der Waals surface area (Å²) in [5.74, 6) is 0. The zero-order valence-corrected chi connectivity index (χ0v) is 12.6. The summed E-state index contributed by atoms with van der Waals surface area (Å²) in [4.78, 5) is 0. The summed E-state index contributed by atoms with van der Waals surface area (Å²) in [5, 5.41) is 3.30. The van der Waals surface area contributed by atoms with E-state index in [0.717, 1.165) is 26.1 Å². The molecule has 1 aliphatic heterocycles. The van der Waals surface area contributed by atoms with Crippen LogP contribution in [0.3, 0.4) is 0 Å². The van der Waals surface area contributed by atoms with Crippen molar-refractivity contribution in [3.8, 4) is 0 Å². The summed E-state index contributed by atoms with van der Waals surface area (Å²) in [6, 6.07) is 0. The van der Waals surface area contributed by atoms with Gasteiger partial charge < -0.3 is 10.1 Å². The Balaban J connectivity index is 0.000000310. The van der Waals surface area contributed by atoms with Gasteiger partial charge in [-0.15, -0.1) is 1.98 Å². The second-order valence-electron chi connectivity index (χ2n) is 3.02. The maximum Gasteiger partial charge on any atom is 0.0776 e. The van der Waals surface area contributed by atoms with Crippen LogP contribution in [-0.2, 0) is 4.74 Å². The fourth-order valence-electron chi connectivity index (χ4n) is 1.00. The van der Waals surface area contributed by atoms with E-state index in [1.165, 1.54) is 1.98 Å². The molecular formula is C7H15Br3N2O. The van der Waals surface area contributed by atoms with Gasteiger partial charge in [0.15, 0.2) is 0 Å². The Bertz CT molecular complexity index is 126. The van der Waals surface area contributed by atoms with Gasteiger partial charge in [0.2, 0.25) is 0 Å². The van der Waals surface area contributed by atoms with Gasteiger partial charge in [0.1, 0.15) is 0 Å². The van der Waals surface area contributed by atoms with E-state index in [1.807, 2.05) is 0 Å². The van der Waals surface area contributed by atoms with Gasteiger partial charge in [-0.3, -0.25) is 0 Å².